The molecule has 1 atom stereocenters. The minimum Gasteiger partial charge on any atom is -0.336 e. The van der Waals surface area contributed by atoms with Crippen LogP contribution in [0.15, 0.2) is 16.8 Å². The zero-order chi connectivity index (χ0) is 17.4. The third kappa shape index (κ3) is 2.84. The smallest absolute Gasteiger partial charge is 0.325 e. The Hall–Kier alpha value is -1.89. The molecule has 0 aromatic carbocycles. The number of imide groups is 1. The highest BCUT2D eigenvalue weighted by atomic mass is 32.1. The van der Waals surface area contributed by atoms with E-state index < -0.39 is 5.54 Å². The molecule has 4 rings (SSSR count). The molecule has 2 aliphatic heterocycles. The van der Waals surface area contributed by atoms with Crippen LogP contribution in [0, 0.1) is 0 Å². The molecule has 25 heavy (non-hydrogen) atoms. The van der Waals surface area contributed by atoms with Crippen LogP contribution in [0.3, 0.4) is 0 Å². The van der Waals surface area contributed by atoms with E-state index in [0.717, 1.165) is 32.2 Å². The first-order valence-electron chi connectivity index (χ1n) is 9.06. The molecule has 3 fully saturated rings. The molecule has 3 heterocycles. The quantitative estimate of drug-likeness (QED) is 0.838. The van der Waals surface area contributed by atoms with Gasteiger partial charge in [0, 0.05) is 19.5 Å². The Morgan fingerprint density at radius 2 is 2.08 bits per heavy atom. The lowest BCUT2D eigenvalue weighted by atomic mass is 9.98. The van der Waals surface area contributed by atoms with Crippen LogP contribution in [-0.4, -0.2) is 46.3 Å². The van der Waals surface area contributed by atoms with Crippen molar-refractivity contribution in [3.05, 3.63) is 22.4 Å². The highest BCUT2D eigenvalue weighted by Gasteiger charge is 2.52. The number of nitrogens with one attached hydrogen (secondary N) is 1. The molecule has 2 saturated heterocycles. The number of rotatable bonds is 4. The summed E-state index contributed by atoms with van der Waals surface area (Å²) in [7, 11) is 0. The van der Waals surface area contributed by atoms with E-state index in [-0.39, 0.29) is 36.9 Å². The number of hydrogen-bond donors (Lipinski definition) is 1. The molecular weight excluding hydrogens is 338 g/mol. The van der Waals surface area contributed by atoms with Gasteiger partial charge in [-0.2, -0.15) is 11.3 Å². The predicted octanol–water partition coefficient (Wildman–Crippen LogP) is 2.67. The second-order valence-electron chi connectivity index (χ2n) is 7.23. The zero-order valence-corrected chi connectivity index (χ0v) is 15.0. The lowest BCUT2D eigenvalue weighted by molar-refractivity contribution is -0.134. The van der Waals surface area contributed by atoms with Crippen LogP contribution in [0.4, 0.5) is 4.79 Å². The maximum atomic E-state index is 12.7. The summed E-state index contributed by atoms with van der Waals surface area (Å²) in [5.41, 5.74) is 0.503. The van der Waals surface area contributed by atoms with Gasteiger partial charge in [-0.3, -0.25) is 14.5 Å². The van der Waals surface area contributed by atoms with Gasteiger partial charge in [0.2, 0.25) is 5.91 Å². The molecule has 3 aliphatic rings. The molecule has 0 bridgehead atoms. The highest BCUT2D eigenvalue weighted by Crippen LogP contribution is 2.36. The van der Waals surface area contributed by atoms with Crippen molar-refractivity contribution >= 4 is 29.2 Å². The summed E-state index contributed by atoms with van der Waals surface area (Å²) in [5, 5.41) is 6.99. The molecule has 7 heteroatoms. The molecule has 1 aliphatic carbocycles. The Bertz CT molecular complexity index is 682. The number of thiophene rings is 1. The lowest BCUT2D eigenvalue weighted by Crippen LogP contribution is -2.44. The van der Waals surface area contributed by atoms with Gasteiger partial charge >= 0.3 is 6.03 Å². The third-order valence-corrected chi connectivity index (χ3v) is 6.45. The summed E-state index contributed by atoms with van der Waals surface area (Å²) in [6, 6.07) is 1.88. The Balaban J connectivity index is 1.39. The third-order valence-electron chi connectivity index (χ3n) is 5.75. The van der Waals surface area contributed by atoms with Crippen molar-refractivity contribution < 1.29 is 14.4 Å². The molecule has 1 N–H and O–H groups in total. The van der Waals surface area contributed by atoms with Gasteiger partial charge in [-0.15, -0.1) is 0 Å². The van der Waals surface area contributed by atoms with E-state index in [4.69, 9.17) is 0 Å². The second-order valence-corrected chi connectivity index (χ2v) is 8.01. The van der Waals surface area contributed by atoms with Gasteiger partial charge in [0.25, 0.3) is 5.91 Å². The van der Waals surface area contributed by atoms with Crippen LogP contribution in [0.2, 0.25) is 0 Å². The topological polar surface area (TPSA) is 69.7 Å². The van der Waals surface area contributed by atoms with Crippen LogP contribution in [0.25, 0.3) is 0 Å². The molecular formula is C18H23N3O3S. The van der Waals surface area contributed by atoms with Crippen LogP contribution in [0.1, 0.15) is 56.6 Å². The molecule has 4 amide bonds. The Morgan fingerprint density at radius 3 is 2.80 bits per heavy atom. The van der Waals surface area contributed by atoms with Gasteiger partial charge in [0.05, 0.1) is 6.04 Å². The normalized spacial score (nSPS) is 25.2. The maximum absolute atomic E-state index is 12.7. The maximum Gasteiger partial charge on any atom is 0.325 e. The predicted molar refractivity (Wildman–Crippen MR) is 94.1 cm³/mol. The number of hydrogen-bond acceptors (Lipinski definition) is 4. The van der Waals surface area contributed by atoms with Crippen LogP contribution < -0.4 is 5.32 Å². The summed E-state index contributed by atoms with van der Waals surface area (Å²) >= 11 is 1.64. The van der Waals surface area contributed by atoms with E-state index in [9.17, 15) is 14.4 Å². The monoisotopic (exact) mass is 361 g/mol. The Morgan fingerprint density at radius 1 is 1.28 bits per heavy atom. The van der Waals surface area contributed by atoms with Crippen LogP contribution in [0.5, 0.6) is 0 Å². The van der Waals surface area contributed by atoms with Gasteiger partial charge in [0.15, 0.2) is 0 Å². The van der Waals surface area contributed by atoms with E-state index >= 15 is 0 Å². The Labute approximate surface area is 151 Å². The van der Waals surface area contributed by atoms with Crippen molar-refractivity contribution in [3.8, 4) is 0 Å². The highest BCUT2D eigenvalue weighted by molar-refractivity contribution is 7.08. The van der Waals surface area contributed by atoms with Gasteiger partial charge in [-0.1, -0.05) is 12.8 Å². The second kappa shape index (κ2) is 6.44. The number of likely N-dealkylation sites (tertiary alicyclic amines) is 1. The van der Waals surface area contributed by atoms with E-state index in [1.54, 1.807) is 11.3 Å². The first kappa shape index (κ1) is 16.6. The molecule has 1 saturated carbocycles. The molecule has 1 spiro atoms. The summed E-state index contributed by atoms with van der Waals surface area (Å²) in [6.07, 6.45) is 5.55. The number of carbonyl (C=O) groups is 3. The van der Waals surface area contributed by atoms with E-state index in [1.165, 1.54) is 10.5 Å². The SMILES string of the molecule is O=C1NC2(CCCC2)C(=O)N1CCC(=O)N1CCCC1c1ccsc1. The van der Waals surface area contributed by atoms with Crippen molar-refractivity contribution in [2.24, 2.45) is 0 Å². The Kier molecular flexibility index (Phi) is 4.27. The zero-order valence-electron chi connectivity index (χ0n) is 14.2. The summed E-state index contributed by atoms with van der Waals surface area (Å²) in [6.45, 7) is 0.932. The fourth-order valence-electron chi connectivity index (χ4n) is 4.42. The number of urea groups is 1. The van der Waals surface area contributed by atoms with Crippen LogP contribution in [-0.2, 0) is 9.59 Å². The fraction of sp³-hybridized carbons (Fsp3) is 0.611. The van der Waals surface area contributed by atoms with Crippen molar-refractivity contribution in [2.75, 3.05) is 13.1 Å². The average Bonchev–Trinajstić information content (AvgIpc) is 3.36. The number of carbonyl (C=O) groups excluding carboxylic acids is 3. The van der Waals surface area contributed by atoms with Crippen LogP contribution >= 0.6 is 11.3 Å². The van der Waals surface area contributed by atoms with E-state index in [1.807, 2.05) is 10.3 Å². The number of nitrogens with zero attached hydrogens (tertiary/aromatic N) is 2. The minimum atomic E-state index is -0.688. The molecule has 0 radical (unpaired) electrons. The van der Waals surface area contributed by atoms with Crippen molar-refractivity contribution in [3.63, 3.8) is 0 Å². The summed E-state index contributed by atoms with van der Waals surface area (Å²) in [4.78, 5) is 40.7. The molecule has 1 aromatic rings. The molecule has 1 unspecified atom stereocenters. The lowest BCUT2D eigenvalue weighted by Gasteiger charge is -2.25. The van der Waals surface area contributed by atoms with Crippen molar-refractivity contribution in [2.45, 2.75) is 56.5 Å². The van der Waals surface area contributed by atoms with E-state index in [2.05, 4.69) is 16.8 Å². The summed E-state index contributed by atoms with van der Waals surface area (Å²) in [5.74, 6) is -0.111. The first-order chi connectivity index (χ1) is 12.1. The van der Waals surface area contributed by atoms with Crippen molar-refractivity contribution in [1.82, 2.24) is 15.1 Å². The number of amides is 4. The minimum absolute atomic E-state index is 0.0293. The van der Waals surface area contributed by atoms with Crippen molar-refractivity contribution in [1.29, 1.82) is 0 Å². The van der Waals surface area contributed by atoms with Gasteiger partial charge in [-0.25, -0.2) is 4.79 Å². The molecule has 134 valence electrons. The molecule has 6 nitrogen and oxygen atoms in total. The molecule has 1 aromatic heterocycles. The van der Waals surface area contributed by atoms with Gasteiger partial charge < -0.3 is 10.2 Å². The standard InChI is InChI=1S/C18H23N3O3S/c22-15(20-9-3-4-14(20)13-6-11-25-12-13)5-10-21-16(23)18(19-17(21)24)7-1-2-8-18/h6,11-12,14H,1-5,7-10H2,(H,19,24). The fourth-order valence-corrected chi connectivity index (χ4v) is 5.13. The summed E-state index contributed by atoms with van der Waals surface area (Å²) < 4.78 is 0. The van der Waals surface area contributed by atoms with Gasteiger partial charge in [0.1, 0.15) is 5.54 Å². The first-order valence-corrected chi connectivity index (χ1v) is 10.0. The van der Waals surface area contributed by atoms with E-state index in [0.29, 0.717) is 12.8 Å². The van der Waals surface area contributed by atoms with Gasteiger partial charge in [-0.05, 0) is 48.1 Å². The average molecular weight is 361 g/mol. The largest absolute Gasteiger partial charge is 0.336 e.